The predicted octanol–water partition coefficient (Wildman–Crippen LogP) is 4.50. The number of aromatic nitrogens is 1. The van der Waals surface area contributed by atoms with Gasteiger partial charge >= 0.3 is 0 Å². The average molecular weight is 349 g/mol. The molecule has 0 bridgehead atoms. The molecule has 0 saturated heterocycles. The van der Waals surface area contributed by atoms with Crippen LogP contribution in [0, 0.1) is 0 Å². The Bertz CT molecular complexity index is 956. The van der Waals surface area contributed by atoms with E-state index in [-0.39, 0.29) is 5.91 Å². The zero-order valence-corrected chi connectivity index (χ0v) is 14.8. The lowest BCUT2D eigenvalue weighted by Gasteiger charge is -2.08. The summed E-state index contributed by atoms with van der Waals surface area (Å²) in [6.45, 7) is 2.13. The minimum Gasteiger partial charge on any atom is -0.267 e. The lowest BCUT2D eigenvalue weighted by Crippen LogP contribution is -2.18. The van der Waals surface area contributed by atoms with Crippen LogP contribution < -0.4 is 5.43 Å². The van der Waals surface area contributed by atoms with Crippen molar-refractivity contribution in [2.75, 3.05) is 0 Å². The second kappa shape index (κ2) is 6.76. The molecule has 1 saturated carbocycles. The van der Waals surface area contributed by atoms with Crippen LogP contribution in [0.2, 0.25) is 0 Å². The molecule has 25 heavy (non-hydrogen) atoms. The quantitative estimate of drug-likeness (QED) is 0.545. The molecule has 0 atom stereocenters. The van der Waals surface area contributed by atoms with E-state index in [1.807, 2.05) is 36.4 Å². The fourth-order valence-electron chi connectivity index (χ4n) is 2.84. The number of hydrazone groups is 1. The van der Waals surface area contributed by atoms with Gasteiger partial charge < -0.3 is 0 Å². The number of hydrogen-bond donors (Lipinski definition) is 1. The molecule has 1 aliphatic rings. The van der Waals surface area contributed by atoms with Crippen molar-refractivity contribution >= 4 is 34.4 Å². The van der Waals surface area contributed by atoms with E-state index in [4.69, 9.17) is 4.98 Å². The second-order valence-corrected chi connectivity index (χ2v) is 7.44. The van der Waals surface area contributed by atoms with Crippen molar-refractivity contribution in [3.63, 3.8) is 0 Å². The minimum atomic E-state index is -0.191. The van der Waals surface area contributed by atoms with Gasteiger partial charge in [-0.05, 0) is 43.5 Å². The SMILES string of the molecule is CCc1ccc(C=NNC(=O)c2cc(C3CC3)nc3ccccc23)s1. The van der Waals surface area contributed by atoms with E-state index in [1.165, 1.54) is 4.88 Å². The standard InChI is InChI=1S/C20H19N3OS/c1-2-14-9-10-15(25-14)12-21-23-20(24)17-11-19(13-7-8-13)22-18-6-4-3-5-16(17)18/h3-6,9-13H,2,7-8H2,1H3,(H,23,24). The number of benzene rings is 1. The molecule has 1 aromatic carbocycles. The zero-order chi connectivity index (χ0) is 17.2. The Hall–Kier alpha value is -2.53. The molecule has 126 valence electrons. The van der Waals surface area contributed by atoms with Crippen LogP contribution in [0.4, 0.5) is 0 Å². The van der Waals surface area contributed by atoms with Gasteiger partial charge in [0.05, 0.1) is 17.3 Å². The Kier molecular flexibility index (Phi) is 4.32. The molecule has 0 spiro atoms. The summed E-state index contributed by atoms with van der Waals surface area (Å²) in [5.74, 6) is 0.308. The summed E-state index contributed by atoms with van der Waals surface area (Å²) in [4.78, 5) is 19.7. The Balaban J connectivity index is 1.58. The highest BCUT2D eigenvalue weighted by Gasteiger charge is 2.26. The number of nitrogens with zero attached hydrogens (tertiary/aromatic N) is 2. The maximum absolute atomic E-state index is 12.7. The van der Waals surface area contributed by atoms with Crippen molar-refractivity contribution in [2.24, 2.45) is 5.10 Å². The highest BCUT2D eigenvalue weighted by atomic mass is 32.1. The fraction of sp³-hybridized carbons (Fsp3) is 0.250. The monoisotopic (exact) mass is 349 g/mol. The van der Waals surface area contributed by atoms with Gasteiger partial charge in [0.1, 0.15) is 0 Å². The molecular formula is C20H19N3OS. The van der Waals surface area contributed by atoms with Gasteiger partial charge in [-0.1, -0.05) is 25.1 Å². The molecule has 2 aromatic heterocycles. The molecule has 0 radical (unpaired) electrons. The molecule has 4 rings (SSSR count). The molecule has 1 aliphatic carbocycles. The Labute approximate surface area is 150 Å². The second-order valence-electron chi connectivity index (χ2n) is 6.24. The van der Waals surface area contributed by atoms with Gasteiger partial charge in [-0.25, -0.2) is 5.43 Å². The predicted molar refractivity (Wildman–Crippen MR) is 102 cm³/mol. The summed E-state index contributed by atoms with van der Waals surface area (Å²) in [5, 5.41) is 4.99. The number of nitrogens with one attached hydrogen (secondary N) is 1. The molecule has 5 heteroatoms. The van der Waals surface area contributed by atoms with E-state index in [0.717, 1.165) is 40.7 Å². The molecule has 1 amide bonds. The zero-order valence-electron chi connectivity index (χ0n) is 14.0. The Morgan fingerprint density at radius 2 is 2.16 bits per heavy atom. The van der Waals surface area contributed by atoms with Crippen molar-refractivity contribution in [2.45, 2.75) is 32.1 Å². The van der Waals surface area contributed by atoms with Gasteiger partial charge in [0.2, 0.25) is 0 Å². The van der Waals surface area contributed by atoms with E-state index in [2.05, 4.69) is 23.5 Å². The Morgan fingerprint density at radius 3 is 2.92 bits per heavy atom. The first kappa shape index (κ1) is 16.0. The number of carbonyl (C=O) groups is 1. The van der Waals surface area contributed by atoms with Crippen LogP contribution >= 0.6 is 11.3 Å². The van der Waals surface area contributed by atoms with Crippen LogP contribution in [-0.2, 0) is 6.42 Å². The first-order valence-electron chi connectivity index (χ1n) is 8.56. The van der Waals surface area contributed by atoms with Crippen LogP contribution in [0.1, 0.15) is 51.5 Å². The number of pyridine rings is 1. The van der Waals surface area contributed by atoms with Gasteiger partial charge in [-0.15, -0.1) is 11.3 Å². The highest BCUT2D eigenvalue weighted by molar-refractivity contribution is 7.13. The summed E-state index contributed by atoms with van der Waals surface area (Å²) in [7, 11) is 0. The van der Waals surface area contributed by atoms with Gasteiger partial charge in [0, 0.05) is 26.8 Å². The van der Waals surface area contributed by atoms with Crippen molar-refractivity contribution in [3.05, 3.63) is 63.5 Å². The molecule has 4 nitrogen and oxygen atoms in total. The van der Waals surface area contributed by atoms with E-state index >= 15 is 0 Å². The summed E-state index contributed by atoms with van der Waals surface area (Å²) < 4.78 is 0. The fourth-order valence-corrected chi connectivity index (χ4v) is 3.67. The number of para-hydroxylation sites is 1. The number of fused-ring (bicyclic) bond motifs is 1. The van der Waals surface area contributed by atoms with Crippen LogP contribution in [0.3, 0.4) is 0 Å². The third-order valence-electron chi connectivity index (χ3n) is 4.37. The number of thiophene rings is 1. The molecule has 3 aromatic rings. The maximum atomic E-state index is 12.7. The third-order valence-corrected chi connectivity index (χ3v) is 5.53. The molecule has 1 fully saturated rings. The molecule has 1 N–H and O–H groups in total. The van der Waals surface area contributed by atoms with Crippen molar-refractivity contribution in [1.29, 1.82) is 0 Å². The van der Waals surface area contributed by atoms with Crippen LogP contribution in [0.5, 0.6) is 0 Å². The first-order valence-corrected chi connectivity index (χ1v) is 9.38. The van der Waals surface area contributed by atoms with E-state index < -0.39 is 0 Å². The third kappa shape index (κ3) is 3.46. The van der Waals surface area contributed by atoms with Gasteiger partial charge in [0.15, 0.2) is 0 Å². The van der Waals surface area contributed by atoms with E-state index in [9.17, 15) is 4.79 Å². The number of hydrogen-bond acceptors (Lipinski definition) is 4. The molecule has 0 aliphatic heterocycles. The van der Waals surface area contributed by atoms with E-state index in [0.29, 0.717) is 11.5 Å². The number of amides is 1. The maximum Gasteiger partial charge on any atom is 0.272 e. The van der Waals surface area contributed by atoms with Gasteiger partial charge in [-0.2, -0.15) is 5.10 Å². The summed E-state index contributed by atoms with van der Waals surface area (Å²) >= 11 is 1.69. The van der Waals surface area contributed by atoms with Crippen molar-refractivity contribution < 1.29 is 4.79 Å². The summed E-state index contributed by atoms with van der Waals surface area (Å²) in [5.41, 5.74) is 5.19. The topological polar surface area (TPSA) is 54.4 Å². The van der Waals surface area contributed by atoms with Gasteiger partial charge in [0.25, 0.3) is 5.91 Å². The first-order chi connectivity index (χ1) is 12.2. The molecule has 0 unspecified atom stereocenters. The normalized spacial score (nSPS) is 14.3. The van der Waals surface area contributed by atoms with Crippen molar-refractivity contribution in [1.82, 2.24) is 10.4 Å². The average Bonchev–Trinajstić information content (AvgIpc) is 3.40. The minimum absolute atomic E-state index is 0.191. The Morgan fingerprint density at radius 1 is 1.32 bits per heavy atom. The highest BCUT2D eigenvalue weighted by Crippen LogP contribution is 2.40. The number of aryl methyl sites for hydroxylation is 1. The van der Waals surface area contributed by atoms with Crippen LogP contribution in [0.25, 0.3) is 10.9 Å². The largest absolute Gasteiger partial charge is 0.272 e. The van der Waals surface area contributed by atoms with Gasteiger partial charge in [-0.3, -0.25) is 9.78 Å². The van der Waals surface area contributed by atoms with Crippen LogP contribution in [0.15, 0.2) is 47.6 Å². The van der Waals surface area contributed by atoms with Crippen molar-refractivity contribution in [3.8, 4) is 0 Å². The van der Waals surface area contributed by atoms with E-state index in [1.54, 1.807) is 17.6 Å². The lowest BCUT2D eigenvalue weighted by molar-refractivity contribution is 0.0956. The van der Waals surface area contributed by atoms with Crippen LogP contribution in [-0.4, -0.2) is 17.1 Å². The number of rotatable bonds is 5. The summed E-state index contributed by atoms with van der Waals surface area (Å²) in [6, 6.07) is 13.8. The summed E-state index contributed by atoms with van der Waals surface area (Å²) in [6.07, 6.45) is 5.02. The number of carbonyl (C=O) groups excluding carboxylic acids is 1. The molecular weight excluding hydrogens is 330 g/mol. The smallest absolute Gasteiger partial charge is 0.267 e. The lowest BCUT2D eigenvalue weighted by atomic mass is 10.1. The molecule has 2 heterocycles.